The zero-order valence-electron chi connectivity index (χ0n) is 6.16. The molecule has 0 radical (unpaired) electrons. The van der Waals surface area contributed by atoms with E-state index in [2.05, 4.69) is 15.9 Å². The molecule has 0 saturated carbocycles. The summed E-state index contributed by atoms with van der Waals surface area (Å²) in [5, 5.41) is 8.42. The quantitative estimate of drug-likeness (QED) is 0.877. The molecule has 0 bridgehead atoms. The summed E-state index contributed by atoms with van der Waals surface area (Å²) in [5.74, 6) is -0.799. The predicted molar refractivity (Wildman–Crippen MR) is 52.7 cm³/mol. The normalized spacial score (nSPS) is 8.75. The van der Waals surface area contributed by atoms with Crippen molar-refractivity contribution in [3.05, 3.63) is 34.3 Å². The van der Waals surface area contributed by atoms with Crippen LogP contribution in [-0.4, -0.2) is 11.1 Å². The molecule has 0 heterocycles. The van der Waals surface area contributed by atoms with Crippen LogP contribution in [0.1, 0.15) is 5.56 Å². The van der Waals surface area contributed by atoms with Gasteiger partial charge in [0.15, 0.2) is 0 Å². The van der Waals surface area contributed by atoms with E-state index in [0.29, 0.717) is 0 Å². The van der Waals surface area contributed by atoms with Gasteiger partial charge in [-0.3, -0.25) is 4.79 Å². The molecule has 0 amide bonds. The van der Waals surface area contributed by atoms with Gasteiger partial charge in [-0.05, 0) is 17.7 Å². The number of hydrogen-bond donors (Lipinski definition) is 1. The van der Waals surface area contributed by atoms with Gasteiger partial charge in [-0.1, -0.05) is 28.1 Å². The Hall–Kier alpha value is -0.540. The van der Waals surface area contributed by atoms with Crippen LogP contribution in [0.2, 0.25) is 0 Å². The minimum absolute atomic E-state index is 0. The van der Waals surface area contributed by atoms with E-state index < -0.39 is 5.97 Å². The van der Waals surface area contributed by atoms with Gasteiger partial charge in [-0.2, -0.15) is 0 Å². The zero-order valence-corrected chi connectivity index (χ0v) is 8.56. The van der Waals surface area contributed by atoms with E-state index >= 15 is 0 Å². The van der Waals surface area contributed by atoms with E-state index in [-0.39, 0.29) is 18.8 Å². The largest absolute Gasteiger partial charge is 0.481 e. The number of benzene rings is 1. The van der Waals surface area contributed by atoms with E-state index in [1.807, 2.05) is 12.1 Å². The fraction of sp³-hybridized carbons (Fsp3) is 0.125. The summed E-state index contributed by atoms with van der Waals surface area (Å²) >= 11 is 3.26. The van der Waals surface area contributed by atoms with Gasteiger partial charge >= 0.3 is 5.97 Å². The summed E-state index contributed by atoms with van der Waals surface area (Å²) in [6.07, 6.45) is 0.0906. The average Bonchev–Trinajstić information content (AvgIpc) is 1.93. The number of carbonyl (C=O) groups is 1. The second-order valence-electron chi connectivity index (χ2n) is 2.20. The fourth-order valence-electron chi connectivity index (χ4n) is 0.777. The highest BCUT2D eigenvalue weighted by Gasteiger charge is 1.98. The van der Waals surface area contributed by atoms with Gasteiger partial charge in [0, 0.05) is 4.47 Å². The molecule has 66 valence electrons. The number of rotatable bonds is 2. The number of carboxylic acids is 1. The molecule has 0 aliphatic carbocycles. The maximum absolute atomic E-state index is 10.2. The number of carboxylic acid groups (broad SMARTS) is 1. The fourth-order valence-corrected chi connectivity index (χ4v) is 1.04. The first-order chi connectivity index (χ1) is 5.18. The van der Waals surface area contributed by atoms with Crippen molar-refractivity contribution >= 4 is 34.3 Å². The molecule has 0 saturated heterocycles. The van der Waals surface area contributed by atoms with Crippen LogP contribution in [0.4, 0.5) is 0 Å². The molecule has 0 aliphatic rings. The Morgan fingerprint density at radius 2 is 1.83 bits per heavy atom. The van der Waals surface area contributed by atoms with Crippen molar-refractivity contribution in [1.82, 2.24) is 0 Å². The predicted octanol–water partition coefficient (Wildman–Crippen LogP) is 2.50. The topological polar surface area (TPSA) is 37.3 Å². The zero-order chi connectivity index (χ0) is 8.27. The molecule has 0 aromatic heterocycles. The average molecular weight is 252 g/mol. The second-order valence-corrected chi connectivity index (χ2v) is 3.11. The van der Waals surface area contributed by atoms with Crippen molar-refractivity contribution in [3.8, 4) is 0 Å². The highest BCUT2D eigenvalue weighted by Crippen LogP contribution is 2.10. The van der Waals surface area contributed by atoms with E-state index in [0.717, 1.165) is 10.0 Å². The molecule has 0 unspecified atom stereocenters. The van der Waals surface area contributed by atoms with Gasteiger partial charge in [-0.15, -0.1) is 12.4 Å². The van der Waals surface area contributed by atoms with Gasteiger partial charge in [0.1, 0.15) is 0 Å². The maximum Gasteiger partial charge on any atom is 0.307 e. The van der Waals surface area contributed by atoms with E-state index in [1.165, 1.54) is 0 Å². The summed E-state index contributed by atoms with van der Waals surface area (Å²) in [5.41, 5.74) is 0.820. The van der Waals surface area contributed by atoms with Crippen LogP contribution in [0.25, 0.3) is 0 Å². The van der Waals surface area contributed by atoms with E-state index in [4.69, 9.17) is 5.11 Å². The van der Waals surface area contributed by atoms with E-state index in [9.17, 15) is 4.79 Å². The Morgan fingerprint density at radius 3 is 2.25 bits per heavy atom. The monoisotopic (exact) mass is 250 g/mol. The molecular weight excluding hydrogens is 243 g/mol. The van der Waals surface area contributed by atoms with Crippen molar-refractivity contribution in [3.63, 3.8) is 0 Å². The molecule has 0 atom stereocenters. The highest BCUT2D eigenvalue weighted by molar-refractivity contribution is 9.10. The lowest BCUT2D eigenvalue weighted by Gasteiger charge is -1.95. The minimum atomic E-state index is -0.799. The second kappa shape index (κ2) is 5.17. The third-order valence-electron chi connectivity index (χ3n) is 1.27. The first-order valence-corrected chi connectivity index (χ1v) is 3.94. The first-order valence-electron chi connectivity index (χ1n) is 3.15. The van der Waals surface area contributed by atoms with Gasteiger partial charge in [0.05, 0.1) is 6.42 Å². The summed E-state index contributed by atoms with van der Waals surface area (Å²) in [4.78, 5) is 10.2. The van der Waals surface area contributed by atoms with Crippen LogP contribution in [0.5, 0.6) is 0 Å². The maximum atomic E-state index is 10.2. The van der Waals surface area contributed by atoms with Gasteiger partial charge < -0.3 is 5.11 Å². The lowest BCUT2D eigenvalue weighted by Crippen LogP contribution is -1.99. The van der Waals surface area contributed by atoms with Crippen LogP contribution in [0.15, 0.2) is 28.7 Å². The van der Waals surface area contributed by atoms with Crippen LogP contribution in [-0.2, 0) is 11.2 Å². The molecular formula is C8H8BrClO2. The Morgan fingerprint density at radius 1 is 1.33 bits per heavy atom. The van der Waals surface area contributed by atoms with Crippen LogP contribution < -0.4 is 0 Å². The van der Waals surface area contributed by atoms with Crippen LogP contribution >= 0.6 is 28.3 Å². The van der Waals surface area contributed by atoms with Crippen molar-refractivity contribution in [1.29, 1.82) is 0 Å². The minimum Gasteiger partial charge on any atom is -0.481 e. The third kappa shape index (κ3) is 3.74. The molecule has 1 rings (SSSR count). The third-order valence-corrected chi connectivity index (χ3v) is 1.80. The molecule has 4 heteroatoms. The molecule has 12 heavy (non-hydrogen) atoms. The SMILES string of the molecule is Cl.O=C(O)Cc1ccc(Br)cc1. The van der Waals surface area contributed by atoms with Gasteiger partial charge in [0.2, 0.25) is 0 Å². The molecule has 0 aliphatic heterocycles. The van der Waals surface area contributed by atoms with Crippen molar-refractivity contribution in [2.75, 3.05) is 0 Å². The van der Waals surface area contributed by atoms with E-state index in [1.54, 1.807) is 12.1 Å². The molecule has 0 spiro atoms. The standard InChI is InChI=1S/C8H7BrO2.ClH/c9-7-3-1-6(2-4-7)5-8(10)11;/h1-4H,5H2,(H,10,11);1H. The first kappa shape index (κ1) is 11.5. The van der Waals surface area contributed by atoms with Crippen LogP contribution in [0.3, 0.4) is 0 Å². The smallest absolute Gasteiger partial charge is 0.307 e. The number of aliphatic carboxylic acids is 1. The lowest BCUT2D eigenvalue weighted by atomic mass is 10.2. The summed E-state index contributed by atoms with van der Waals surface area (Å²) in [6, 6.07) is 7.24. The molecule has 1 N–H and O–H groups in total. The van der Waals surface area contributed by atoms with Crippen LogP contribution in [0, 0.1) is 0 Å². The molecule has 1 aromatic rings. The van der Waals surface area contributed by atoms with Crippen molar-refractivity contribution in [2.24, 2.45) is 0 Å². The van der Waals surface area contributed by atoms with Crippen molar-refractivity contribution in [2.45, 2.75) is 6.42 Å². The summed E-state index contributed by atoms with van der Waals surface area (Å²) < 4.78 is 0.964. The Bertz CT molecular complexity index is 258. The number of hydrogen-bond acceptors (Lipinski definition) is 1. The lowest BCUT2D eigenvalue weighted by molar-refractivity contribution is -0.136. The van der Waals surface area contributed by atoms with Gasteiger partial charge in [-0.25, -0.2) is 0 Å². The summed E-state index contributed by atoms with van der Waals surface area (Å²) in [7, 11) is 0. The van der Waals surface area contributed by atoms with Gasteiger partial charge in [0.25, 0.3) is 0 Å². The Balaban J connectivity index is 0.00000121. The molecule has 0 fully saturated rings. The molecule has 2 nitrogen and oxygen atoms in total. The summed E-state index contributed by atoms with van der Waals surface area (Å²) in [6.45, 7) is 0. The Labute approximate surface area is 85.1 Å². The molecule has 1 aromatic carbocycles. The highest BCUT2D eigenvalue weighted by atomic mass is 79.9. The van der Waals surface area contributed by atoms with Crippen molar-refractivity contribution < 1.29 is 9.90 Å². The Kier molecular flexibility index (Phi) is 4.93. The number of halogens is 2.